The van der Waals surface area contributed by atoms with Crippen LogP contribution in [0.25, 0.3) is 10.8 Å². The Labute approximate surface area is 190 Å². The van der Waals surface area contributed by atoms with Gasteiger partial charge in [0, 0.05) is 23.9 Å². The van der Waals surface area contributed by atoms with Crippen molar-refractivity contribution in [1.82, 2.24) is 10.6 Å². The Hall–Kier alpha value is -2.36. The standard InChI is InChI=1S/C28H34N2O2/c31-25-7-9-27(29-25,15-19-5-6-23-3-1-2-4-24(23)14-19)10-8-26(32)30-28-16-20-11-21(17-28)13-22(12-20)18-28/h1-6,14,20-22H,7-13,15-18H2,(H,29,31)(H,30,32)/t20?,21?,22?,27-,28?/m1/s1. The van der Waals surface area contributed by atoms with Gasteiger partial charge in [-0.3, -0.25) is 9.59 Å². The molecular formula is C28H34N2O2. The molecule has 2 N–H and O–H groups in total. The Kier molecular flexibility index (Phi) is 4.81. The number of benzene rings is 2. The van der Waals surface area contributed by atoms with Gasteiger partial charge in [0.1, 0.15) is 0 Å². The van der Waals surface area contributed by atoms with Gasteiger partial charge in [-0.1, -0.05) is 42.5 Å². The van der Waals surface area contributed by atoms with Crippen LogP contribution in [0.4, 0.5) is 0 Å². The van der Waals surface area contributed by atoms with E-state index in [1.54, 1.807) is 0 Å². The fraction of sp³-hybridized carbons (Fsp3) is 0.571. The number of rotatable bonds is 6. The molecular weight excluding hydrogens is 396 g/mol. The minimum Gasteiger partial charge on any atom is -0.351 e. The average Bonchev–Trinajstić information content (AvgIpc) is 3.11. The van der Waals surface area contributed by atoms with Gasteiger partial charge in [0.25, 0.3) is 0 Å². The largest absolute Gasteiger partial charge is 0.351 e. The molecule has 1 aliphatic heterocycles. The van der Waals surface area contributed by atoms with Crippen LogP contribution in [0.2, 0.25) is 0 Å². The summed E-state index contributed by atoms with van der Waals surface area (Å²) in [5.41, 5.74) is 0.988. The first-order chi connectivity index (χ1) is 15.5. The number of nitrogens with one attached hydrogen (secondary N) is 2. The first-order valence-electron chi connectivity index (χ1n) is 12.6. The molecule has 7 rings (SSSR count). The lowest BCUT2D eigenvalue weighted by atomic mass is 9.53. The van der Waals surface area contributed by atoms with Crippen molar-refractivity contribution >= 4 is 22.6 Å². The summed E-state index contributed by atoms with van der Waals surface area (Å²) in [7, 11) is 0. The zero-order valence-electron chi connectivity index (χ0n) is 18.9. The summed E-state index contributed by atoms with van der Waals surface area (Å²) in [6.45, 7) is 0. The zero-order valence-corrected chi connectivity index (χ0v) is 18.9. The SMILES string of the molecule is O=C(CC[C@@]1(Cc2ccc3ccccc3c2)CCC(=O)N1)NC12CC3CC(CC(C3)C1)C2. The molecule has 1 atom stereocenters. The number of carbonyl (C=O) groups excluding carboxylic acids is 2. The molecule has 4 nitrogen and oxygen atoms in total. The Morgan fingerprint density at radius 2 is 1.66 bits per heavy atom. The van der Waals surface area contributed by atoms with E-state index in [4.69, 9.17) is 0 Å². The van der Waals surface area contributed by atoms with E-state index in [1.165, 1.54) is 54.9 Å². The van der Waals surface area contributed by atoms with Gasteiger partial charge in [-0.2, -0.15) is 0 Å². The van der Waals surface area contributed by atoms with E-state index >= 15 is 0 Å². The number of carbonyl (C=O) groups is 2. The van der Waals surface area contributed by atoms with Crippen LogP contribution in [0.1, 0.15) is 69.8 Å². The predicted octanol–water partition coefficient (Wildman–Crippen LogP) is 4.90. The summed E-state index contributed by atoms with van der Waals surface area (Å²) in [5.74, 6) is 2.79. The second-order valence-corrected chi connectivity index (χ2v) is 11.4. The predicted molar refractivity (Wildman–Crippen MR) is 126 cm³/mol. The molecule has 1 saturated heterocycles. The maximum atomic E-state index is 13.1. The first-order valence-corrected chi connectivity index (χ1v) is 12.6. The second-order valence-electron chi connectivity index (χ2n) is 11.4. The normalized spacial score (nSPS) is 35.2. The van der Waals surface area contributed by atoms with E-state index in [2.05, 4.69) is 53.1 Å². The lowest BCUT2D eigenvalue weighted by molar-refractivity contribution is -0.127. The van der Waals surface area contributed by atoms with Crippen molar-refractivity contribution in [2.75, 3.05) is 0 Å². The van der Waals surface area contributed by atoms with Crippen LogP contribution in [0.3, 0.4) is 0 Å². The van der Waals surface area contributed by atoms with Gasteiger partial charge in [-0.15, -0.1) is 0 Å². The topological polar surface area (TPSA) is 58.2 Å². The molecule has 1 heterocycles. The molecule has 4 heteroatoms. The van der Waals surface area contributed by atoms with E-state index in [9.17, 15) is 9.59 Å². The Bertz CT molecular complexity index is 1030. The van der Waals surface area contributed by atoms with Gasteiger partial charge >= 0.3 is 0 Å². The van der Waals surface area contributed by atoms with E-state index in [0.717, 1.165) is 30.6 Å². The molecule has 168 valence electrons. The summed E-state index contributed by atoms with van der Waals surface area (Å²) in [5, 5.41) is 9.23. The highest BCUT2D eigenvalue weighted by Crippen LogP contribution is 2.55. The van der Waals surface area contributed by atoms with Gasteiger partial charge in [-0.05, 0) is 91.9 Å². The Morgan fingerprint density at radius 3 is 2.31 bits per heavy atom. The van der Waals surface area contributed by atoms with Crippen molar-refractivity contribution in [3.05, 3.63) is 48.0 Å². The van der Waals surface area contributed by atoms with Crippen molar-refractivity contribution in [2.24, 2.45) is 17.8 Å². The minimum absolute atomic E-state index is 0.0657. The van der Waals surface area contributed by atoms with Crippen molar-refractivity contribution in [3.63, 3.8) is 0 Å². The fourth-order valence-corrected chi connectivity index (χ4v) is 7.90. The summed E-state index contributed by atoms with van der Waals surface area (Å²) >= 11 is 0. The molecule has 5 fully saturated rings. The highest BCUT2D eigenvalue weighted by molar-refractivity contribution is 5.83. The van der Waals surface area contributed by atoms with Gasteiger partial charge in [-0.25, -0.2) is 0 Å². The molecule has 4 saturated carbocycles. The van der Waals surface area contributed by atoms with Crippen molar-refractivity contribution in [1.29, 1.82) is 0 Å². The number of hydrogen-bond acceptors (Lipinski definition) is 2. The second kappa shape index (κ2) is 7.60. The third-order valence-corrected chi connectivity index (χ3v) is 8.87. The maximum absolute atomic E-state index is 13.1. The van der Waals surface area contributed by atoms with Gasteiger partial charge in [0.05, 0.1) is 0 Å². The van der Waals surface area contributed by atoms with Crippen LogP contribution in [-0.2, 0) is 16.0 Å². The fourth-order valence-electron chi connectivity index (χ4n) is 7.90. The lowest BCUT2D eigenvalue weighted by Crippen LogP contribution is -2.60. The molecule has 2 aromatic rings. The van der Waals surface area contributed by atoms with Crippen LogP contribution < -0.4 is 10.6 Å². The molecule has 5 aliphatic rings. The quantitative estimate of drug-likeness (QED) is 0.685. The zero-order chi connectivity index (χ0) is 21.8. The number of hydrogen-bond donors (Lipinski definition) is 2. The molecule has 0 spiro atoms. The third-order valence-electron chi connectivity index (χ3n) is 8.87. The highest BCUT2D eigenvalue weighted by atomic mass is 16.2. The molecule has 0 unspecified atom stereocenters. The molecule has 0 radical (unpaired) electrons. The molecule has 4 aliphatic carbocycles. The first kappa shape index (κ1) is 20.3. The monoisotopic (exact) mass is 430 g/mol. The van der Waals surface area contributed by atoms with E-state index in [-0.39, 0.29) is 22.9 Å². The number of fused-ring (bicyclic) bond motifs is 1. The summed E-state index contributed by atoms with van der Waals surface area (Å²) in [4.78, 5) is 25.3. The van der Waals surface area contributed by atoms with Crippen LogP contribution in [-0.4, -0.2) is 22.9 Å². The molecule has 4 bridgehead atoms. The molecule has 0 aromatic heterocycles. The van der Waals surface area contributed by atoms with Crippen molar-refractivity contribution in [2.45, 2.75) is 81.7 Å². The van der Waals surface area contributed by atoms with Crippen LogP contribution >= 0.6 is 0 Å². The van der Waals surface area contributed by atoms with Crippen LogP contribution in [0.5, 0.6) is 0 Å². The van der Waals surface area contributed by atoms with Gasteiger partial charge in [0.15, 0.2) is 0 Å². The van der Waals surface area contributed by atoms with Gasteiger partial charge in [0.2, 0.25) is 11.8 Å². The number of amides is 2. The van der Waals surface area contributed by atoms with E-state index in [0.29, 0.717) is 19.3 Å². The highest BCUT2D eigenvalue weighted by Gasteiger charge is 2.51. The third kappa shape index (κ3) is 3.82. The van der Waals surface area contributed by atoms with Crippen LogP contribution in [0, 0.1) is 17.8 Å². The molecule has 2 amide bonds. The minimum atomic E-state index is -0.307. The Morgan fingerprint density at radius 1 is 0.969 bits per heavy atom. The molecule has 2 aromatic carbocycles. The van der Waals surface area contributed by atoms with Crippen molar-refractivity contribution in [3.8, 4) is 0 Å². The van der Waals surface area contributed by atoms with Crippen LogP contribution in [0.15, 0.2) is 42.5 Å². The van der Waals surface area contributed by atoms with E-state index in [1.807, 2.05) is 0 Å². The van der Waals surface area contributed by atoms with Gasteiger partial charge < -0.3 is 10.6 Å². The summed E-state index contributed by atoms with van der Waals surface area (Å²) < 4.78 is 0. The molecule has 32 heavy (non-hydrogen) atoms. The summed E-state index contributed by atoms with van der Waals surface area (Å²) in [6.07, 6.45) is 11.1. The smallest absolute Gasteiger partial charge is 0.220 e. The van der Waals surface area contributed by atoms with Crippen molar-refractivity contribution < 1.29 is 9.59 Å². The van der Waals surface area contributed by atoms with E-state index < -0.39 is 0 Å². The average molecular weight is 431 g/mol. The summed E-state index contributed by atoms with van der Waals surface area (Å²) in [6, 6.07) is 15.0. The lowest BCUT2D eigenvalue weighted by Gasteiger charge is -2.57. The Balaban J connectivity index is 1.14. The maximum Gasteiger partial charge on any atom is 0.220 e.